The van der Waals surface area contributed by atoms with Gasteiger partial charge < -0.3 is 19.9 Å². The van der Waals surface area contributed by atoms with E-state index in [4.69, 9.17) is 4.74 Å². The van der Waals surface area contributed by atoms with E-state index in [9.17, 15) is 18.0 Å². The second-order valence-corrected chi connectivity index (χ2v) is 10.1. The van der Waals surface area contributed by atoms with Crippen LogP contribution in [0.5, 0.6) is 0 Å². The molecule has 2 aliphatic rings. The van der Waals surface area contributed by atoms with Crippen molar-refractivity contribution in [1.29, 1.82) is 0 Å². The number of nitrogens with one attached hydrogen (secondary N) is 1. The van der Waals surface area contributed by atoms with Crippen LogP contribution in [-0.4, -0.2) is 60.4 Å². The highest BCUT2D eigenvalue weighted by atomic mass is 19.4. The van der Waals surface area contributed by atoms with Gasteiger partial charge in [-0.2, -0.15) is 18.3 Å². The first-order chi connectivity index (χ1) is 18.1. The monoisotopic (exact) mass is 527 g/mol. The minimum absolute atomic E-state index is 0.0279. The lowest BCUT2D eigenvalue weighted by Gasteiger charge is -2.37. The maximum Gasteiger partial charge on any atom is 0.416 e. The number of alkyl halides is 3. The molecule has 2 atom stereocenters. The topological polar surface area (TPSA) is 70.6 Å². The fraction of sp³-hybridized carbons (Fsp3) is 0.464. The molecule has 2 aliphatic heterocycles. The highest BCUT2D eigenvalue weighted by Gasteiger charge is 2.33. The Morgan fingerprint density at radius 3 is 2.53 bits per heavy atom. The summed E-state index contributed by atoms with van der Waals surface area (Å²) in [5.41, 5.74) is 1.90. The van der Waals surface area contributed by atoms with Crippen molar-refractivity contribution in [3.05, 3.63) is 58.8 Å². The van der Waals surface area contributed by atoms with Gasteiger partial charge in [-0.05, 0) is 56.5 Å². The number of rotatable bonds is 5. The van der Waals surface area contributed by atoms with Crippen molar-refractivity contribution >= 4 is 28.2 Å². The van der Waals surface area contributed by atoms with E-state index in [0.29, 0.717) is 50.8 Å². The molecule has 0 unspecified atom stereocenters. The molecule has 5 rings (SSSR count). The van der Waals surface area contributed by atoms with Crippen molar-refractivity contribution in [2.75, 3.05) is 49.6 Å². The molecular formula is C28H32F3N5O2. The lowest BCUT2D eigenvalue weighted by atomic mass is 9.97. The predicted molar refractivity (Wildman–Crippen MR) is 140 cm³/mol. The minimum atomic E-state index is -4.41. The van der Waals surface area contributed by atoms with Crippen LogP contribution in [0.15, 0.2) is 36.4 Å². The normalized spacial score (nSPS) is 19.2. The number of fused-ring (bicyclic) bond motifs is 1. The third-order valence-corrected chi connectivity index (χ3v) is 7.68. The molecule has 0 spiro atoms. The standard InChI is InChI=1S/C28H32F3N5O2/c1-17-22(5-4-6-25(17)28(29,30)31)18(2)32-26-24-15-21(7-8-23(24)19(3)33-34-26)35-10-12-36(13-11-35)27(37)20-9-14-38-16-20/h4-8,15,18,20H,9-14,16H2,1-3H3,(H,32,34)/t18-,20-/m1/s1. The zero-order valence-electron chi connectivity index (χ0n) is 21.8. The SMILES string of the molecule is Cc1c([C@@H](C)Nc2nnc(C)c3ccc(N4CCN(C(=O)[C@@H]5CCOC5)CC4)cc23)cccc1C(F)(F)F. The van der Waals surface area contributed by atoms with Gasteiger partial charge in [0.05, 0.1) is 29.8 Å². The van der Waals surface area contributed by atoms with Gasteiger partial charge in [-0.1, -0.05) is 18.2 Å². The number of benzene rings is 2. The van der Waals surface area contributed by atoms with Gasteiger partial charge in [0.25, 0.3) is 0 Å². The molecule has 2 aromatic carbocycles. The number of hydrogen-bond acceptors (Lipinski definition) is 6. The van der Waals surface area contributed by atoms with Crippen molar-refractivity contribution < 1.29 is 22.7 Å². The van der Waals surface area contributed by atoms with Gasteiger partial charge in [0, 0.05) is 49.2 Å². The summed E-state index contributed by atoms with van der Waals surface area (Å²) in [6, 6.07) is 9.92. The van der Waals surface area contributed by atoms with Crippen molar-refractivity contribution in [3.8, 4) is 0 Å². The summed E-state index contributed by atoms with van der Waals surface area (Å²) in [4.78, 5) is 16.9. The molecule has 2 fully saturated rings. The van der Waals surface area contributed by atoms with E-state index in [1.54, 1.807) is 6.07 Å². The van der Waals surface area contributed by atoms with Gasteiger partial charge >= 0.3 is 6.18 Å². The first-order valence-electron chi connectivity index (χ1n) is 12.9. The van der Waals surface area contributed by atoms with E-state index in [1.807, 2.05) is 36.9 Å². The average molecular weight is 528 g/mol. The number of piperazine rings is 1. The van der Waals surface area contributed by atoms with Crippen LogP contribution in [0.4, 0.5) is 24.7 Å². The quantitative estimate of drug-likeness (QED) is 0.497. The molecule has 38 heavy (non-hydrogen) atoms. The number of anilines is 2. The number of carbonyl (C=O) groups excluding carboxylic acids is 1. The largest absolute Gasteiger partial charge is 0.416 e. The second-order valence-electron chi connectivity index (χ2n) is 10.1. The van der Waals surface area contributed by atoms with Crippen LogP contribution in [0.3, 0.4) is 0 Å². The predicted octanol–water partition coefficient (Wildman–Crippen LogP) is 5.12. The third kappa shape index (κ3) is 5.14. The highest BCUT2D eigenvalue weighted by molar-refractivity contribution is 5.95. The van der Waals surface area contributed by atoms with Gasteiger partial charge in [-0.15, -0.1) is 5.10 Å². The molecule has 3 aromatic rings. The Kier molecular flexibility index (Phi) is 7.17. The first kappa shape index (κ1) is 26.2. The summed E-state index contributed by atoms with van der Waals surface area (Å²) in [6.45, 7) is 9.10. The summed E-state index contributed by atoms with van der Waals surface area (Å²) >= 11 is 0. The van der Waals surface area contributed by atoms with Gasteiger partial charge in [0.1, 0.15) is 0 Å². The summed E-state index contributed by atoms with van der Waals surface area (Å²) < 4.78 is 45.8. The fourth-order valence-electron chi connectivity index (χ4n) is 5.46. The maximum absolute atomic E-state index is 13.5. The Hall–Kier alpha value is -3.40. The van der Waals surface area contributed by atoms with Gasteiger partial charge in [0.2, 0.25) is 5.91 Å². The summed E-state index contributed by atoms with van der Waals surface area (Å²) in [5.74, 6) is 0.670. The zero-order valence-corrected chi connectivity index (χ0v) is 21.8. The smallest absolute Gasteiger partial charge is 0.381 e. The van der Waals surface area contributed by atoms with Crippen LogP contribution >= 0.6 is 0 Å². The number of nitrogens with zero attached hydrogens (tertiary/aromatic N) is 4. The Bertz CT molecular complexity index is 1330. The van der Waals surface area contributed by atoms with Crippen LogP contribution < -0.4 is 10.2 Å². The van der Waals surface area contributed by atoms with Crippen LogP contribution in [0.1, 0.15) is 41.8 Å². The second kappa shape index (κ2) is 10.4. The molecule has 3 heterocycles. The number of hydrogen-bond donors (Lipinski definition) is 1. The molecule has 0 bridgehead atoms. The molecule has 202 valence electrons. The highest BCUT2D eigenvalue weighted by Crippen LogP contribution is 2.36. The van der Waals surface area contributed by atoms with E-state index in [-0.39, 0.29) is 17.4 Å². The molecule has 1 amide bonds. The minimum Gasteiger partial charge on any atom is -0.381 e. The van der Waals surface area contributed by atoms with Crippen molar-refractivity contribution in [2.45, 2.75) is 39.4 Å². The van der Waals surface area contributed by atoms with Gasteiger partial charge in [0.15, 0.2) is 5.82 Å². The van der Waals surface area contributed by atoms with Crippen LogP contribution in [0, 0.1) is 19.8 Å². The number of aryl methyl sites for hydroxylation is 1. The van der Waals surface area contributed by atoms with E-state index in [2.05, 4.69) is 20.4 Å². The number of ether oxygens (including phenoxy) is 1. The Morgan fingerprint density at radius 1 is 1.08 bits per heavy atom. The van der Waals surface area contributed by atoms with Crippen LogP contribution in [0.25, 0.3) is 10.8 Å². The number of halogens is 3. The number of carbonyl (C=O) groups is 1. The molecule has 2 saturated heterocycles. The fourth-order valence-corrected chi connectivity index (χ4v) is 5.46. The average Bonchev–Trinajstić information content (AvgIpc) is 3.44. The molecule has 10 heteroatoms. The lowest BCUT2D eigenvalue weighted by Crippen LogP contribution is -2.50. The summed E-state index contributed by atoms with van der Waals surface area (Å²) in [5, 5.41) is 13.7. The molecule has 0 radical (unpaired) electrons. The van der Waals surface area contributed by atoms with Crippen molar-refractivity contribution in [1.82, 2.24) is 15.1 Å². The summed E-state index contributed by atoms with van der Waals surface area (Å²) in [6.07, 6.45) is -3.62. The van der Waals surface area contributed by atoms with E-state index >= 15 is 0 Å². The molecule has 1 N–H and O–H groups in total. The van der Waals surface area contributed by atoms with E-state index < -0.39 is 17.8 Å². The van der Waals surface area contributed by atoms with Gasteiger partial charge in [-0.3, -0.25) is 4.79 Å². The van der Waals surface area contributed by atoms with Crippen LogP contribution in [-0.2, 0) is 15.7 Å². The third-order valence-electron chi connectivity index (χ3n) is 7.68. The molecular weight excluding hydrogens is 495 g/mol. The van der Waals surface area contributed by atoms with Crippen molar-refractivity contribution in [2.24, 2.45) is 5.92 Å². The lowest BCUT2D eigenvalue weighted by molar-refractivity contribution is -0.138. The molecule has 0 saturated carbocycles. The van der Waals surface area contributed by atoms with Crippen molar-refractivity contribution in [3.63, 3.8) is 0 Å². The van der Waals surface area contributed by atoms with E-state index in [1.165, 1.54) is 13.0 Å². The van der Waals surface area contributed by atoms with Gasteiger partial charge in [-0.25, -0.2) is 0 Å². The van der Waals surface area contributed by atoms with E-state index in [0.717, 1.165) is 34.6 Å². The first-order valence-corrected chi connectivity index (χ1v) is 12.9. The number of aromatic nitrogens is 2. The zero-order chi connectivity index (χ0) is 27.0. The Morgan fingerprint density at radius 2 is 1.84 bits per heavy atom. The molecule has 7 nitrogen and oxygen atoms in total. The number of amides is 1. The Labute approximate surface area is 220 Å². The molecule has 1 aromatic heterocycles. The molecule has 0 aliphatic carbocycles. The Balaban J connectivity index is 1.37. The summed E-state index contributed by atoms with van der Waals surface area (Å²) in [7, 11) is 0. The maximum atomic E-state index is 13.5. The van der Waals surface area contributed by atoms with Crippen LogP contribution in [0.2, 0.25) is 0 Å².